The zero-order valence-electron chi connectivity index (χ0n) is 25.8. The molecule has 4 aromatic carbocycles. The molecule has 0 radical (unpaired) electrons. The molecule has 1 heterocycles. The Morgan fingerprint density at radius 1 is 0.867 bits per heavy atom. The lowest BCUT2D eigenvalue weighted by Crippen LogP contribution is -2.43. The van der Waals surface area contributed by atoms with Crippen molar-refractivity contribution in [1.82, 2.24) is 4.90 Å². The van der Waals surface area contributed by atoms with Gasteiger partial charge >= 0.3 is 0 Å². The van der Waals surface area contributed by atoms with Gasteiger partial charge in [-0.1, -0.05) is 97.1 Å². The minimum atomic E-state index is -0.633. The first-order valence-corrected chi connectivity index (χ1v) is 15.2. The van der Waals surface area contributed by atoms with E-state index < -0.39 is 6.29 Å². The standard InChI is InChI=1S/C38H40N2O5/c1-4-21-40(3)24-34-36(29-9-6-5-7-10-29)37(30-17-15-28(25-41)16-18-30)45-38(44-34)31-19-13-27(14-20-31)22-35(43)39-33-12-8-11-32(23-33)26(2)42/h4-20,23,34,36-38,41H,1,21-22,24-25H2,2-3H3,(H,39,43). The van der Waals surface area contributed by atoms with Gasteiger partial charge in [0.25, 0.3) is 0 Å². The van der Waals surface area contributed by atoms with Crippen LogP contribution in [0, 0.1) is 0 Å². The summed E-state index contributed by atoms with van der Waals surface area (Å²) >= 11 is 0. The van der Waals surface area contributed by atoms with Crippen LogP contribution in [0.4, 0.5) is 5.69 Å². The molecule has 4 aromatic rings. The largest absolute Gasteiger partial charge is 0.392 e. The molecule has 0 aliphatic carbocycles. The van der Waals surface area contributed by atoms with Crippen LogP contribution in [-0.2, 0) is 27.3 Å². The number of hydrogen-bond donors (Lipinski definition) is 2. The highest BCUT2D eigenvalue weighted by Crippen LogP contribution is 2.47. The number of likely N-dealkylation sites (N-methyl/N-ethyl adjacent to an activating group) is 1. The number of hydrogen-bond acceptors (Lipinski definition) is 6. The van der Waals surface area contributed by atoms with Gasteiger partial charge in [-0.05, 0) is 48.4 Å². The van der Waals surface area contributed by atoms with Crippen LogP contribution in [0.3, 0.4) is 0 Å². The third-order valence-corrected chi connectivity index (χ3v) is 8.07. The average Bonchev–Trinajstić information content (AvgIpc) is 3.05. The number of ether oxygens (including phenoxy) is 2. The van der Waals surface area contributed by atoms with E-state index in [9.17, 15) is 14.7 Å². The van der Waals surface area contributed by atoms with Gasteiger partial charge in [-0.3, -0.25) is 9.59 Å². The van der Waals surface area contributed by atoms with E-state index in [-0.39, 0.29) is 42.8 Å². The highest BCUT2D eigenvalue weighted by molar-refractivity contribution is 5.97. The Hall–Kier alpha value is -4.40. The van der Waals surface area contributed by atoms with E-state index >= 15 is 0 Å². The fourth-order valence-corrected chi connectivity index (χ4v) is 5.77. The number of nitrogens with one attached hydrogen (secondary N) is 1. The van der Waals surface area contributed by atoms with E-state index in [0.717, 1.165) is 34.4 Å². The maximum absolute atomic E-state index is 12.8. The van der Waals surface area contributed by atoms with Crippen molar-refractivity contribution in [2.75, 3.05) is 25.5 Å². The summed E-state index contributed by atoms with van der Waals surface area (Å²) in [5.41, 5.74) is 5.81. The maximum Gasteiger partial charge on any atom is 0.228 e. The first kappa shape index (κ1) is 32.0. The quantitative estimate of drug-likeness (QED) is 0.140. The van der Waals surface area contributed by atoms with Crippen LogP contribution in [0.1, 0.15) is 63.4 Å². The molecule has 1 aliphatic rings. The number of carbonyl (C=O) groups is 2. The van der Waals surface area contributed by atoms with Crippen LogP contribution in [0.25, 0.3) is 0 Å². The molecule has 5 rings (SSSR count). The number of carbonyl (C=O) groups excluding carboxylic acids is 2. The van der Waals surface area contributed by atoms with Gasteiger partial charge in [0.1, 0.15) is 0 Å². The van der Waals surface area contributed by atoms with E-state index in [1.54, 1.807) is 24.3 Å². The number of aliphatic hydroxyl groups is 1. The second kappa shape index (κ2) is 15.1. The molecular weight excluding hydrogens is 564 g/mol. The minimum absolute atomic E-state index is 0.0240. The molecule has 232 valence electrons. The van der Waals surface area contributed by atoms with Crippen LogP contribution in [0.2, 0.25) is 0 Å². The molecule has 7 heteroatoms. The molecule has 0 aromatic heterocycles. The second-order valence-electron chi connectivity index (χ2n) is 11.5. The topological polar surface area (TPSA) is 88.1 Å². The van der Waals surface area contributed by atoms with Gasteiger partial charge in [0, 0.05) is 35.8 Å². The molecule has 1 aliphatic heterocycles. The van der Waals surface area contributed by atoms with E-state index in [2.05, 4.69) is 36.0 Å². The third-order valence-electron chi connectivity index (χ3n) is 8.07. The zero-order chi connectivity index (χ0) is 31.8. The molecule has 1 fully saturated rings. The van der Waals surface area contributed by atoms with Crippen LogP contribution < -0.4 is 5.32 Å². The maximum atomic E-state index is 12.8. The molecule has 4 unspecified atom stereocenters. The first-order chi connectivity index (χ1) is 21.8. The van der Waals surface area contributed by atoms with Crippen molar-refractivity contribution in [2.45, 2.75) is 44.4 Å². The summed E-state index contributed by atoms with van der Waals surface area (Å²) in [5, 5.41) is 12.5. The number of rotatable bonds is 12. The van der Waals surface area contributed by atoms with E-state index in [0.29, 0.717) is 17.8 Å². The number of benzene rings is 4. The lowest BCUT2D eigenvalue weighted by molar-refractivity contribution is -0.263. The van der Waals surface area contributed by atoms with Crippen LogP contribution in [0.5, 0.6) is 0 Å². The highest BCUT2D eigenvalue weighted by atomic mass is 16.7. The molecule has 0 saturated carbocycles. The molecule has 45 heavy (non-hydrogen) atoms. The van der Waals surface area contributed by atoms with Gasteiger partial charge in [-0.15, -0.1) is 6.58 Å². The number of aliphatic hydroxyl groups excluding tert-OH is 1. The van der Waals surface area contributed by atoms with Crippen molar-refractivity contribution in [3.8, 4) is 0 Å². The minimum Gasteiger partial charge on any atom is -0.392 e. The number of Topliss-reactive ketones (excluding diaryl/α,β-unsaturated/α-hetero) is 1. The molecule has 7 nitrogen and oxygen atoms in total. The first-order valence-electron chi connectivity index (χ1n) is 15.2. The van der Waals surface area contributed by atoms with E-state index in [1.165, 1.54) is 6.92 Å². The van der Waals surface area contributed by atoms with Gasteiger partial charge in [0.05, 0.1) is 25.2 Å². The van der Waals surface area contributed by atoms with E-state index in [1.807, 2.05) is 72.8 Å². The Morgan fingerprint density at radius 2 is 1.56 bits per heavy atom. The summed E-state index contributed by atoms with van der Waals surface area (Å²) in [6.07, 6.45) is 0.926. The lowest BCUT2D eigenvalue weighted by atomic mass is 9.83. The lowest BCUT2D eigenvalue weighted by Gasteiger charge is -2.44. The van der Waals surface area contributed by atoms with E-state index in [4.69, 9.17) is 9.47 Å². The molecule has 1 saturated heterocycles. The molecule has 1 amide bonds. The van der Waals surface area contributed by atoms with Gasteiger partial charge < -0.3 is 24.8 Å². The molecular formula is C38H40N2O5. The smallest absolute Gasteiger partial charge is 0.228 e. The summed E-state index contributed by atoms with van der Waals surface area (Å²) in [6, 6.07) is 32.9. The Morgan fingerprint density at radius 3 is 2.22 bits per heavy atom. The molecule has 2 N–H and O–H groups in total. The van der Waals surface area contributed by atoms with Gasteiger partial charge in [0.2, 0.25) is 5.91 Å². The van der Waals surface area contributed by atoms with Gasteiger partial charge in [0.15, 0.2) is 12.1 Å². The van der Waals surface area contributed by atoms with Crippen molar-refractivity contribution >= 4 is 17.4 Å². The zero-order valence-corrected chi connectivity index (χ0v) is 25.8. The summed E-state index contributed by atoms with van der Waals surface area (Å²) in [7, 11) is 2.05. The van der Waals surface area contributed by atoms with Crippen molar-refractivity contribution in [3.63, 3.8) is 0 Å². The van der Waals surface area contributed by atoms with Gasteiger partial charge in [-0.25, -0.2) is 0 Å². The Bertz CT molecular complexity index is 1590. The molecule has 0 spiro atoms. The van der Waals surface area contributed by atoms with Crippen molar-refractivity contribution < 1.29 is 24.2 Å². The third kappa shape index (κ3) is 8.21. The fraction of sp³-hybridized carbons (Fsp3) is 0.263. The number of nitrogens with zero attached hydrogens (tertiary/aromatic N) is 1. The summed E-state index contributed by atoms with van der Waals surface area (Å²) < 4.78 is 13.5. The number of ketones is 1. The molecule has 0 bridgehead atoms. The summed E-state index contributed by atoms with van der Waals surface area (Å²) in [6.45, 7) is 6.77. The normalized spacial score (nSPS) is 19.6. The Kier molecular flexibility index (Phi) is 10.7. The van der Waals surface area contributed by atoms with Crippen molar-refractivity contribution in [2.24, 2.45) is 0 Å². The highest BCUT2D eigenvalue weighted by Gasteiger charge is 2.42. The predicted molar refractivity (Wildman–Crippen MR) is 176 cm³/mol. The second-order valence-corrected chi connectivity index (χ2v) is 11.5. The summed E-state index contributed by atoms with van der Waals surface area (Å²) in [5.74, 6) is -0.307. The number of amides is 1. The van der Waals surface area contributed by atoms with Crippen LogP contribution in [0.15, 0.2) is 116 Å². The Balaban J connectivity index is 1.39. The SMILES string of the molecule is C=CCN(C)CC1OC(c2ccc(CC(=O)Nc3cccc(C(C)=O)c3)cc2)OC(c2ccc(CO)cc2)C1c1ccccc1. The summed E-state index contributed by atoms with van der Waals surface area (Å²) in [4.78, 5) is 26.7. The van der Waals surface area contributed by atoms with Crippen LogP contribution in [-0.4, -0.2) is 47.9 Å². The fourth-order valence-electron chi connectivity index (χ4n) is 5.77. The average molecular weight is 605 g/mol. The van der Waals surface area contributed by atoms with Gasteiger partial charge in [-0.2, -0.15) is 0 Å². The predicted octanol–water partition coefficient (Wildman–Crippen LogP) is 6.62. The monoisotopic (exact) mass is 604 g/mol. The Labute approximate surface area is 265 Å². The molecule has 4 atom stereocenters. The van der Waals surface area contributed by atoms with Crippen molar-refractivity contribution in [3.05, 3.63) is 149 Å². The number of anilines is 1. The van der Waals surface area contributed by atoms with Crippen LogP contribution >= 0.6 is 0 Å². The van der Waals surface area contributed by atoms with Crippen molar-refractivity contribution in [1.29, 1.82) is 0 Å².